The minimum Gasteiger partial charge on any atom is -0.289 e. The molecule has 0 N–H and O–H groups in total. The number of nitrogens with zero attached hydrogens (tertiary/aromatic N) is 2. The van der Waals surface area contributed by atoms with Crippen LogP contribution in [0.2, 0.25) is 0 Å². The molecule has 23 heavy (non-hydrogen) atoms. The molecule has 0 aromatic heterocycles. The van der Waals surface area contributed by atoms with Gasteiger partial charge in [0.05, 0.1) is 6.67 Å². The molecule has 0 unspecified atom stereocenters. The Morgan fingerprint density at radius 1 is 0.522 bits per heavy atom. The number of hydrogen-bond donors (Lipinski definition) is 0. The summed E-state index contributed by atoms with van der Waals surface area (Å²) in [6.07, 6.45) is 20.4. The smallest absolute Gasteiger partial charge is 0.0507 e. The van der Waals surface area contributed by atoms with Crippen LogP contribution in [0, 0.1) is 0 Å². The zero-order valence-electron chi connectivity index (χ0n) is 16.3. The van der Waals surface area contributed by atoms with Gasteiger partial charge >= 0.3 is 0 Å². The fourth-order valence-corrected chi connectivity index (χ4v) is 3.68. The van der Waals surface area contributed by atoms with Crippen molar-refractivity contribution >= 4 is 0 Å². The summed E-state index contributed by atoms with van der Waals surface area (Å²) in [5.41, 5.74) is 0. The molecule has 1 heterocycles. The Bertz CT molecular complexity index is 242. The van der Waals surface area contributed by atoms with Gasteiger partial charge < -0.3 is 0 Å². The van der Waals surface area contributed by atoms with Crippen LogP contribution in [0.3, 0.4) is 0 Å². The fraction of sp³-hybridized carbons (Fsp3) is 1.00. The summed E-state index contributed by atoms with van der Waals surface area (Å²) in [4.78, 5) is 5.17. The summed E-state index contributed by atoms with van der Waals surface area (Å²) in [6, 6.07) is 0. The maximum Gasteiger partial charge on any atom is 0.0507 e. The van der Waals surface area contributed by atoms with E-state index in [1.54, 1.807) is 0 Å². The van der Waals surface area contributed by atoms with E-state index in [2.05, 4.69) is 23.6 Å². The van der Waals surface area contributed by atoms with Gasteiger partial charge in [0.25, 0.3) is 0 Å². The minimum atomic E-state index is 1.22. The van der Waals surface area contributed by atoms with Crippen LogP contribution in [-0.2, 0) is 0 Å². The highest BCUT2D eigenvalue weighted by Gasteiger charge is 2.16. The Morgan fingerprint density at radius 3 is 1.39 bits per heavy atom. The van der Waals surface area contributed by atoms with E-state index in [0.717, 1.165) is 0 Å². The van der Waals surface area contributed by atoms with Crippen LogP contribution in [0.1, 0.15) is 104 Å². The van der Waals surface area contributed by atoms with Gasteiger partial charge in [-0.3, -0.25) is 9.80 Å². The highest BCUT2D eigenvalue weighted by molar-refractivity contribution is 4.69. The lowest BCUT2D eigenvalue weighted by atomic mass is 10.0. The van der Waals surface area contributed by atoms with E-state index in [1.807, 2.05) is 0 Å². The van der Waals surface area contributed by atoms with Gasteiger partial charge in [-0.15, -0.1) is 0 Å². The largest absolute Gasteiger partial charge is 0.289 e. The summed E-state index contributed by atoms with van der Waals surface area (Å²) in [5, 5.41) is 0. The molecule has 2 heteroatoms. The lowest BCUT2D eigenvalue weighted by Gasteiger charge is -2.16. The molecular formula is C21H44N2. The highest BCUT2D eigenvalue weighted by atomic mass is 15.4. The van der Waals surface area contributed by atoms with E-state index in [9.17, 15) is 0 Å². The summed E-state index contributed by atoms with van der Waals surface area (Å²) in [7, 11) is 0. The van der Waals surface area contributed by atoms with E-state index < -0.39 is 0 Å². The molecule has 0 aromatic carbocycles. The lowest BCUT2D eigenvalue weighted by molar-refractivity contribution is 0.249. The summed E-state index contributed by atoms with van der Waals surface area (Å²) in [6.45, 7) is 10.9. The van der Waals surface area contributed by atoms with E-state index >= 15 is 0 Å². The predicted molar refractivity (Wildman–Crippen MR) is 104 cm³/mol. The number of unbranched alkanes of at least 4 members (excludes halogenated alkanes) is 13. The van der Waals surface area contributed by atoms with Crippen LogP contribution in [0.25, 0.3) is 0 Å². The topological polar surface area (TPSA) is 6.48 Å². The summed E-state index contributed by atoms with van der Waals surface area (Å²) < 4.78 is 0. The molecular weight excluding hydrogens is 280 g/mol. The average Bonchev–Trinajstić information content (AvgIpc) is 3.03. The number of rotatable bonds is 16. The van der Waals surface area contributed by atoms with Crippen molar-refractivity contribution in [1.82, 2.24) is 9.80 Å². The molecule has 0 bridgehead atoms. The summed E-state index contributed by atoms with van der Waals surface area (Å²) >= 11 is 0. The normalized spacial score (nSPS) is 16.4. The van der Waals surface area contributed by atoms with Gasteiger partial charge in [0.15, 0.2) is 0 Å². The first-order valence-corrected chi connectivity index (χ1v) is 10.8. The first kappa shape index (κ1) is 21.0. The molecule has 1 fully saturated rings. The van der Waals surface area contributed by atoms with E-state index in [-0.39, 0.29) is 0 Å². The van der Waals surface area contributed by atoms with Crippen LogP contribution in [0.4, 0.5) is 0 Å². The quantitative estimate of drug-likeness (QED) is 0.318. The molecule has 0 spiro atoms. The third-order valence-electron chi connectivity index (χ3n) is 5.41. The van der Waals surface area contributed by atoms with Crippen molar-refractivity contribution in [3.8, 4) is 0 Å². The van der Waals surface area contributed by atoms with E-state index in [0.29, 0.717) is 0 Å². The van der Waals surface area contributed by atoms with Gasteiger partial charge in [-0.05, 0) is 19.5 Å². The molecule has 0 saturated carbocycles. The molecule has 1 saturated heterocycles. The zero-order valence-corrected chi connectivity index (χ0v) is 16.3. The average molecular weight is 325 g/mol. The maximum absolute atomic E-state index is 2.63. The molecule has 1 aliphatic heterocycles. The van der Waals surface area contributed by atoms with E-state index in [4.69, 9.17) is 0 Å². The SMILES string of the molecule is CCCCCCCCCCCCCCCCN1CCN(CC)C1. The third-order valence-corrected chi connectivity index (χ3v) is 5.41. The van der Waals surface area contributed by atoms with Crippen molar-refractivity contribution in [3.63, 3.8) is 0 Å². The third kappa shape index (κ3) is 12.0. The number of hydrogen-bond acceptors (Lipinski definition) is 2. The second-order valence-corrected chi connectivity index (χ2v) is 7.57. The minimum absolute atomic E-state index is 1.22. The highest BCUT2D eigenvalue weighted by Crippen LogP contribution is 2.13. The van der Waals surface area contributed by atoms with Crippen LogP contribution in [0.5, 0.6) is 0 Å². The second-order valence-electron chi connectivity index (χ2n) is 7.57. The van der Waals surface area contributed by atoms with Crippen molar-refractivity contribution in [2.75, 3.05) is 32.8 Å². The van der Waals surface area contributed by atoms with Crippen LogP contribution in [0.15, 0.2) is 0 Å². The predicted octanol–water partition coefficient (Wildman–Crippen LogP) is 6.06. The molecule has 2 nitrogen and oxygen atoms in total. The molecule has 1 aliphatic rings. The van der Waals surface area contributed by atoms with Crippen molar-refractivity contribution in [1.29, 1.82) is 0 Å². The first-order chi connectivity index (χ1) is 11.4. The first-order valence-electron chi connectivity index (χ1n) is 10.8. The second kappa shape index (κ2) is 15.4. The Balaban J connectivity index is 1.70. The van der Waals surface area contributed by atoms with E-state index in [1.165, 1.54) is 123 Å². The van der Waals surface area contributed by atoms with Gasteiger partial charge in [-0.2, -0.15) is 0 Å². The molecule has 0 radical (unpaired) electrons. The zero-order chi connectivity index (χ0) is 16.6. The van der Waals surface area contributed by atoms with Crippen molar-refractivity contribution in [2.24, 2.45) is 0 Å². The number of likely N-dealkylation sites (N-methyl/N-ethyl adjacent to an activating group) is 1. The molecule has 0 atom stereocenters. The Labute approximate surface area is 147 Å². The monoisotopic (exact) mass is 324 g/mol. The van der Waals surface area contributed by atoms with Gasteiger partial charge in [0.2, 0.25) is 0 Å². The molecule has 1 rings (SSSR count). The van der Waals surface area contributed by atoms with Crippen molar-refractivity contribution in [3.05, 3.63) is 0 Å². The van der Waals surface area contributed by atoms with Crippen LogP contribution in [-0.4, -0.2) is 42.6 Å². The van der Waals surface area contributed by atoms with Gasteiger partial charge in [-0.1, -0.05) is 97.3 Å². The van der Waals surface area contributed by atoms with Crippen LogP contribution >= 0.6 is 0 Å². The summed E-state index contributed by atoms with van der Waals surface area (Å²) in [5.74, 6) is 0. The Kier molecular flexibility index (Phi) is 14.1. The Hall–Kier alpha value is -0.0800. The lowest BCUT2D eigenvalue weighted by Crippen LogP contribution is -2.26. The maximum atomic E-state index is 2.63. The van der Waals surface area contributed by atoms with Gasteiger partial charge in [0.1, 0.15) is 0 Å². The Morgan fingerprint density at radius 2 is 0.957 bits per heavy atom. The standard InChI is InChI=1S/C21H44N2/c1-3-5-6-7-8-9-10-11-12-13-14-15-16-17-18-23-20-19-22(4-2)21-23/h3-21H2,1-2H3. The molecule has 138 valence electrons. The van der Waals surface area contributed by atoms with Gasteiger partial charge in [-0.25, -0.2) is 0 Å². The van der Waals surface area contributed by atoms with Gasteiger partial charge in [0, 0.05) is 13.1 Å². The molecule has 0 aromatic rings. The molecule has 0 aliphatic carbocycles. The molecule has 0 amide bonds. The van der Waals surface area contributed by atoms with Crippen molar-refractivity contribution < 1.29 is 0 Å². The fourth-order valence-electron chi connectivity index (χ4n) is 3.68. The van der Waals surface area contributed by atoms with Crippen LogP contribution < -0.4 is 0 Å². The van der Waals surface area contributed by atoms with Crippen molar-refractivity contribution in [2.45, 2.75) is 104 Å².